The van der Waals surface area contributed by atoms with Crippen molar-refractivity contribution in [1.82, 2.24) is 0 Å². The van der Waals surface area contributed by atoms with Gasteiger partial charge < -0.3 is 4.84 Å². The predicted molar refractivity (Wildman–Crippen MR) is 64.4 cm³/mol. The minimum atomic E-state index is 0.802. The average molecular weight is 205 g/mol. The van der Waals surface area contributed by atoms with E-state index >= 15 is 0 Å². The molecule has 0 heterocycles. The third-order valence-corrected chi connectivity index (χ3v) is 2.22. The minimum absolute atomic E-state index is 0.802. The Morgan fingerprint density at radius 1 is 1.27 bits per heavy atom. The largest absolute Gasteiger partial charge is 0.357 e. The lowest BCUT2D eigenvalue weighted by Crippen LogP contribution is -1.95. The molecule has 0 N–H and O–H groups in total. The first-order valence-corrected chi connectivity index (χ1v) is 5.49. The van der Waals surface area contributed by atoms with Gasteiger partial charge in [0, 0.05) is 0 Å². The molecule has 0 aliphatic heterocycles. The first kappa shape index (κ1) is 11.8. The SMILES string of the molecule is CCCC/C(C)=N\Oc1ccc(C)cc1. The molecule has 0 bridgehead atoms. The highest BCUT2D eigenvalue weighted by Gasteiger charge is 1.94. The van der Waals surface area contributed by atoms with Gasteiger partial charge in [0.05, 0.1) is 5.71 Å². The molecule has 0 unspecified atom stereocenters. The maximum Gasteiger partial charge on any atom is 0.157 e. The molecule has 0 aliphatic carbocycles. The fourth-order valence-electron chi connectivity index (χ4n) is 1.21. The molecular weight excluding hydrogens is 186 g/mol. The van der Waals surface area contributed by atoms with Crippen molar-refractivity contribution >= 4 is 5.71 Å². The summed E-state index contributed by atoms with van der Waals surface area (Å²) < 4.78 is 0. The number of benzene rings is 1. The highest BCUT2D eigenvalue weighted by Crippen LogP contribution is 2.11. The van der Waals surface area contributed by atoms with E-state index < -0.39 is 0 Å². The topological polar surface area (TPSA) is 21.6 Å². The van der Waals surface area contributed by atoms with Crippen molar-refractivity contribution in [3.8, 4) is 5.75 Å². The van der Waals surface area contributed by atoms with Crippen LogP contribution < -0.4 is 4.84 Å². The monoisotopic (exact) mass is 205 g/mol. The highest BCUT2D eigenvalue weighted by molar-refractivity contribution is 5.81. The molecule has 1 rings (SSSR count). The van der Waals surface area contributed by atoms with E-state index in [-0.39, 0.29) is 0 Å². The first-order chi connectivity index (χ1) is 7.22. The summed E-state index contributed by atoms with van der Waals surface area (Å²) in [6.07, 6.45) is 3.38. The van der Waals surface area contributed by atoms with Gasteiger partial charge in [0.15, 0.2) is 5.75 Å². The summed E-state index contributed by atoms with van der Waals surface area (Å²) in [4.78, 5) is 5.31. The molecule has 0 radical (unpaired) electrons. The van der Waals surface area contributed by atoms with Crippen LogP contribution in [-0.4, -0.2) is 5.71 Å². The van der Waals surface area contributed by atoms with Crippen molar-refractivity contribution in [3.05, 3.63) is 29.8 Å². The summed E-state index contributed by atoms with van der Waals surface area (Å²) in [5, 5.41) is 4.08. The van der Waals surface area contributed by atoms with Gasteiger partial charge >= 0.3 is 0 Å². The van der Waals surface area contributed by atoms with Gasteiger partial charge in [-0.25, -0.2) is 0 Å². The number of rotatable bonds is 5. The van der Waals surface area contributed by atoms with Crippen LogP contribution in [0, 0.1) is 6.92 Å². The van der Waals surface area contributed by atoms with Gasteiger partial charge in [0.25, 0.3) is 0 Å². The van der Waals surface area contributed by atoms with Gasteiger partial charge in [-0.2, -0.15) is 0 Å². The molecule has 1 aromatic rings. The molecule has 2 nitrogen and oxygen atoms in total. The summed E-state index contributed by atoms with van der Waals surface area (Å²) >= 11 is 0. The van der Waals surface area contributed by atoms with E-state index in [1.165, 1.54) is 18.4 Å². The van der Waals surface area contributed by atoms with Crippen LogP contribution in [0.15, 0.2) is 29.4 Å². The summed E-state index contributed by atoms with van der Waals surface area (Å²) in [6, 6.07) is 7.91. The molecule has 0 saturated heterocycles. The Bertz CT molecular complexity index is 314. The van der Waals surface area contributed by atoms with Crippen molar-refractivity contribution < 1.29 is 4.84 Å². The van der Waals surface area contributed by atoms with Gasteiger partial charge in [-0.15, -0.1) is 0 Å². The van der Waals surface area contributed by atoms with Crippen molar-refractivity contribution in [3.63, 3.8) is 0 Å². The van der Waals surface area contributed by atoms with E-state index in [1.54, 1.807) is 0 Å². The second kappa shape index (κ2) is 6.23. The smallest absolute Gasteiger partial charge is 0.157 e. The molecule has 0 aliphatic rings. The fourth-order valence-corrected chi connectivity index (χ4v) is 1.21. The van der Waals surface area contributed by atoms with E-state index in [2.05, 4.69) is 19.0 Å². The Balaban J connectivity index is 2.45. The lowest BCUT2D eigenvalue weighted by molar-refractivity contribution is 0.339. The molecule has 0 saturated carbocycles. The summed E-state index contributed by atoms with van der Waals surface area (Å²) in [7, 11) is 0. The Kier molecular flexibility index (Phi) is 4.88. The number of hydrogen-bond acceptors (Lipinski definition) is 2. The summed E-state index contributed by atoms with van der Waals surface area (Å²) in [5.74, 6) is 0.802. The molecule has 0 fully saturated rings. The maximum absolute atomic E-state index is 5.31. The number of oxime groups is 1. The van der Waals surface area contributed by atoms with Crippen LogP contribution in [0.5, 0.6) is 5.75 Å². The van der Waals surface area contributed by atoms with E-state index in [0.29, 0.717) is 0 Å². The first-order valence-electron chi connectivity index (χ1n) is 5.49. The summed E-state index contributed by atoms with van der Waals surface area (Å²) in [5.41, 5.74) is 2.28. The van der Waals surface area contributed by atoms with Gasteiger partial charge in [-0.1, -0.05) is 36.2 Å². The number of aryl methyl sites for hydroxylation is 1. The van der Waals surface area contributed by atoms with Gasteiger partial charge in [0.1, 0.15) is 0 Å². The third kappa shape index (κ3) is 4.63. The minimum Gasteiger partial charge on any atom is -0.357 e. The second-order valence-corrected chi connectivity index (χ2v) is 3.83. The van der Waals surface area contributed by atoms with E-state index in [1.807, 2.05) is 31.2 Å². The van der Waals surface area contributed by atoms with Crippen molar-refractivity contribution in [2.75, 3.05) is 0 Å². The Morgan fingerprint density at radius 2 is 1.93 bits per heavy atom. The number of hydrogen-bond donors (Lipinski definition) is 0. The Morgan fingerprint density at radius 3 is 2.53 bits per heavy atom. The zero-order chi connectivity index (χ0) is 11.1. The average Bonchev–Trinajstić information content (AvgIpc) is 2.25. The number of nitrogens with zero attached hydrogens (tertiary/aromatic N) is 1. The Hall–Kier alpha value is -1.31. The Labute approximate surface area is 91.9 Å². The third-order valence-electron chi connectivity index (χ3n) is 2.22. The molecule has 82 valence electrons. The van der Waals surface area contributed by atoms with Crippen molar-refractivity contribution in [2.24, 2.45) is 5.16 Å². The zero-order valence-electron chi connectivity index (χ0n) is 9.79. The molecular formula is C13H19NO. The van der Waals surface area contributed by atoms with Gasteiger partial charge in [-0.05, 0) is 38.8 Å². The number of unbranched alkanes of at least 4 members (excludes halogenated alkanes) is 1. The van der Waals surface area contributed by atoms with Crippen LogP contribution in [0.2, 0.25) is 0 Å². The van der Waals surface area contributed by atoms with Gasteiger partial charge in [-0.3, -0.25) is 0 Å². The van der Waals surface area contributed by atoms with E-state index in [4.69, 9.17) is 4.84 Å². The van der Waals surface area contributed by atoms with E-state index in [0.717, 1.165) is 17.9 Å². The predicted octanol–water partition coefficient (Wildman–Crippen LogP) is 3.94. The van der Waals surface area contributed by atoms with Crippen molar-refractivity contribution in [1.29, 1.82) is 0 Å². The molecule has 0 amide bonds. The quantitative estimate of drug-likeness (QED) is 0.527. The molecule has 0 aromatic heterocycles. The fraction of sp³-hybridized carbons (Fsp3) is 0.462. The molecule has 0 atom stereocenters. The van der Waals surface area contributed by atoms with E-state index in [9.17, 15) is 0 Å². The van der Waals surface area contributed by atoms with Crippen LogP contribution in [0.3, 0.4) is 0 Å². The molecule has 15 heavy (non-hydrogen) atoms. The standard InChI is InChI=1S/C13H19NO/c1-4-5-6-12(3)14-15-13-9-7-11(2)8-10-13/h7-10H,4-6H2,1-3H3/b14-12-. The van der Waals surface area contributed by atoms with Crippen LogP contribution in [0.4, 0.5) is 0 Å². The highest BCUT2D eigenvalue weighted by atomic mass is 16.6. The van der Waals surface area contributed by atoms with Crippen LogP contribution in [-0.2, 0) is 0 Å². The summed E-state index contributed by atoms with van der Waals surface area (Å²) in [6.45, 7) is 6.23. The zero-order valence-corrected chi connectivity index (χ0v) is 9.79. The van der Waals surface area contributed by atoms with Gasteiger partial charge in [0.2, 0.25) is 0 Å². The molecule has 1 aromatic carbocycles. The normalized spacial score (nSPS) is 11.5. The van der Waals surface area contributed by atoms with Crippen molar-refractivity contribution in [2.45, 2.75) is 40.0 Å². The van der Waals surface area contributed by atoms with Crippen LogP contribution >= 0.6 is 0 Å². The molecule has 2 heteroatoms. The lowest BCUT2D eigenvalue weighted by atomic mass is 10.2. The lowest BCUT2D eigenvalue weighted by Gasteiger charge is -2.01. The van der Waals surface area contributed by atoms with Crippen LogP contribution in [0.25, 0.3) is 0 Å². The molecule has 0 spiro atoms. The maximum atomic E-state index is 5.31. The second-order valence-electron chi connectivity index (χ2n) is 3.83. The van der Waals surface area contributed by atoms with Crippen LogP contribution in [0.1, 0.15) is 38.7 Å².